The number of hydrogen-bond donors (Lipinski definition) is 2. The van der Waals surface area contributed by atoms with Gasteiger partial charge in [-0.05, 0) is 42.3 Å². The molecule has 0 spiro atoms. The fourth-order valence-electron chi connectivity index (χ4n) is 1.78. The second-order valence-electron chi connectivity index (χ2n) is 4.38. The molecule has 21 heavy (non-hydrogen) atoms. The molecule has 0 bridgehead atoms. The molecule has 0 aliphatic rings. The highest BCUT2D eigenvalue weighted by atomic mass is 35.5. The van der Waals surface area contributed by atoms with Crippen LogP contribution in [0.15, 0.2) is 42.5 Å². The van der Waals surface area contributed by atoms with Crippen molar-refractivity contribution in [2.24, 2.45) is 0 Å². The van der Waals surface area contributed by atoms with E-state index in [1.54, 1.807) is 18.2 Å². The Morgan fingerprint density at radius 3 is 2.67 bits per heavy atom. The lowest BCUT2D eigenvalue weighted by Crippen LogP contribution is -2.30. The molecule has 110 valence electrons. The molecule has 0 aromatic heterocycles. The first kappa shape index (κ1) is 15.6. The van der Waals surface area contributed by atoms with Crippen molar-refractivity contribution in [2.75, 3.05) is 11.9 Å². The summed E-state index contributed by atoms with van der Waals surface area (Å²) in [5, 5.41) is 6.36. The van der Waals surface area contributed by atoms with Crippen LogP contribution in [-0.2, 0) is 6.42 Å². The molecule has 0 heterocycles. The van der Waals surface area contributed by atoms with Crippen molar-refractivity contribution in [3.8, 4) is 0 Å². The van der Waals surface area contributed by atoms with E-state index in [9.17, 15) is 9.18 Å². The third kappa shape index (κ3) is 4.92. The first-order valence-corrected chi connectivity index (χ1v) is 7.04. The summed E-state index contributed by atoms with van der Waals surface area (Å²) in [4.78, 5) is 11.7. The average Bonchev–Trinajstić information content (AvgIpc) is 2.41. The van der Waals surface area contributed by atoms with Crippen molar-refractivity contribution in [1.82, 2.24) is 5.32 Å². The Balaban J connectivity index is 1.81. The Bertz CT molecular complexity index is 649. The lowest BCUT2D eigenvalue weighted by molar-refractivity contribution is 0.252. The summed E-state index contributed by atoms with van der Waals surface area (Å²) in [5.41, 5.74) is 1.30. The maximum atomic E-state index is 13.0. The van der Waals surface area contributed by atoms with Gasteiger partial charge in [0.2, 0.25) is 0 Å². The molecule has 0 unspecified atom stereocenters. The van der Waals surface area contributed by atoms with E-state index in [1.807, 2.05) is 6.07 Å². The van der Waals surface area contributed by atoms with Gasteiger partial charge in [-0.15, -0.1) is 0 Å². The van der Waals surface area contributed by atoms with E-state index in [4.69, 9.17) is 23.2 Å². The van der Waals surface area contributed by atoms with Crippen LogP contribution in [0, 0.1) is 5.82 Å². The van der Waals surface area contributed by atoms with E-state index in [2.05, 4.69) is 10.6 Å². The SMILES string of the molecule is O=C(NCCc1ccc(Cl)cc1Cl)Nc1cccc(F)c1. The third-order valence-electron chi connectivity index (χ3n) is 2.78. The van der Waals surface area contributed by atoms with E-state index in [1.165, 1.54) is 18.2 Å². The van der Waals surface area contributed by atoms with Gasteiger partial charge in [0.25, 0.3) is 0 Å². The average molecular weight is 327 g/mol. The summed E-state index contributed by atoms with van der Waals surface area (Å²) in [7, 11) is 0. The summed E-state index contributed by atoms with van der Waals surface area (Å²) in [6.45, 7) is 0.405. The number of urea groups is 1. The highest BCUT2D eigenvalue weighted by Crippen LogP contribution is 2.21. The van der Waals surface area contributed by atoms with Crippen LogP contribution in [0.4, 0.5) is 14.9 Å². The molecule has 0 fully saturated rings. The molecule has 0 aliphatic heterocycles. The van der Waals surface area contributed by atoms with Gasteiger partial charge in [0.05, 0.1) is 0 Å². The van der Waals surface area contributed by atoms with Crippen molar-refractivity contribution in [1.29, 1.82) is 0 Å². The first-order valence-electron chi connectivity index (χ1n) is 6.29. The van der Waals surface area contributed by atoms with Crippen molar-refractivity contribution in [2.45, 2.75) is 6.42 Å². The predicted octanol–water partition coefficient (Wildman–Crippen LogP) is 4.50. The zero-order chi connectivity index (χ0) is 15.2. The summed E-state index contributed by atoms with van der Waals surface area (Å²) in [6, 6.07) is 10.5. The molecular weight excluding hydrogens is 314 g/mol. The minimum absolute atomic E-state index is 0.398. The minimum Gasteiger partial charge on any atom is -0.338 e. The van der Waals surface area contributed by atoms with Crippen LogP contribution in [0.2, 0.25) is 10.0 Å². The Kier molecular flexibility index (Phi) is 5.42. The number of carbonyl (C=O) groups excluding carboxylic acids is 1. The van der Waals surface area contributed by atoms with Gasteiger partial charge in [-0.2, -0.15) is 0 Å². The molecule has 2 rings (SSSR count). The van der Waals surface area contributed by atoms with Crippen molar-refractivity contribution in [3.63, 3.8) is 0 Å². The number of anilines is 1. The number of benzene rings is 2. The molecule has 2 aromatic carbocycles. The molecule has 6 heteroatoms. The number of halogens is 3. The predicted molar refractivity (Wildman–Crippen MR) is 83.6 cm³/mol. The number of carbonyl (C=O) groups is 1. The van der Waals surface area contributed by atoms with Crippen LogP contribution in [-0.4, -0.2) is 12.6 Å². The summed E-state index contributed by atoms with van der Waals surface area (Å²) in [6.07, 6.45) is 0.576. The number of amides is 2. The Morgan fingerprint density at radius 1 is 1.14 bits per heavy atom. The van der Waals surface area contributed by atoms with Gasteiger partial charge in [0.15, 0.2) is 0 Å². The van der Waals surface area contributed by atoms with Crippen LogP contribution < -0.4 is 10.6 Å². The number of nitrogens with one attached hydrogen (secondary N) is 2. The van der Waals surface area contributed by atoms with Crippen LogP contribution in [0.25, 0.3) is 0 Å². The third-order valence-corrected chi connectivity index (χ3v) is 3.36. The van der Waals surface area contributed by atoms with Crippen molar-refractivity contribution in [3.05, 3.63) is 63.9 Å². The molecule has 0 saturated heterocycles. The highest BCUT2D eigenvalue weighted by molar-refractivity contribution is 6.35. The monoisotopic (exact) mass is 326 g/mol. The fraction of sp³-hybridized carbons (Fsp3) is 0.133. The molecule has 2 aromatic rings. The van der Waals surface area contributed by atoms with Gasteiger partial charge in [0.1, 0.15) is 5.82 Å². The van der Waals surface area contributed by atoms with E-state index in [-0.39, 0.29) is 0 Å². The topological polar surface area (TPSA) is 41.1 Å². The Morgan fingerprint density at radius 2 is 1.95 bits per heavy atom. The van der Waals surface area contributed by atoms with Crippen LogP contribution in [0.3, 0.4) is 0 Å². The summed E-state index contributed by atoms with van der Waals surface area (Å²) in [5.74, 6) is -0.402. The zero-order valence-corrected chi connectivity index (χ0v) is 12.5. The fourth-order valence-corrected chi connectivity index (χ4v) is 2.28. The van der Waals surface area contributed by atoms with Crippen LogP contribution in [0.1, 0.15) is 5.56 Å². The van der Waals surface area contributed by atoms with Gasteiger partial charge in [-0.3, -0.25) is 0 Å². The Hall–Kier alpha value is -1.78. The second kappa shape index (κ2) is 7.29. The quantitative estimate of drug-likeness (QED) is 0.853. The first-order chi connectivity index (χ1) is 10.0. The van der Waals surface area contributed by atoms with Gasteiger partial charge < -0.3 is 10.6 Å². The van der Waals surface area contributed by atoms with Gasteiger partial charge in [-0.25, -0.2) is 9.18 Å². The number of hydrogen-bond acceptors (Lipinski definition) is 1. The summed E-state index contributed by atoms with van der Waals surface area (Å²) >= 11 is 11.8. The molecule has 2 N–H and O–H groups in total. The Labute approximate surface area is 132 Å². The molecule has 3 nitrogen and oxygen atoms in total. The lowest BCUT2D eigenvalue weighted by atomic mass is 10.1. The van der Waals surface area contributed by atoms with Gasteiger partial charge in [0, 0.05) is 22.3 Å². The molecule has 2 amide bonds. The van der Waals surface area contributed by atoms with E-state index < -0.39 is 11.8 Å². The molecule has 0 aliphatic carbocycles. The number of rotatable bonds is 4. The van der Waals surface area contributed by atoms with Crippen molar-refractivity contribution >= 4 is 34.9 Å². The van der Waals surface area contributed by atoms with Crippen LogP contribution in [0.5, 0.6) is 0 Å². The van der Waals surface area contributed by atoms with E-state index in [0.717, 1.165) is 5.56 Å². The largest absolute Gasteiger partial charge is 0.338 e. The lowest BCUT2D eigenvalue weighted by Gasteiger charge is -2.08. The minimum atomic E-state index is -0.402. The van der Waals surface area contributed by atoms with Crippen LogP contribution >= 0.6 is 23.2 Å². The van der Waals surface area contributed by atoms with Gasteiger partial charge >= 0.3 is 6.03 Å². The normalized spacial score (nSPS) is 10.2. The standard InChI is InChI=1S/C15H13Cl2FN2O/c16-11-5-4-10(14(17)8-11)6-7-19-15(21)20-13-3-1-2-12(18)9-13/h1-5,8-9H,6-7H2,(H2,19,20,21). The molecular formula is C15H13Cl2FN2O. The summed E-state index contributed by atoms with van der Waals surface area (Å²) < 4.78 is 13.0. The maximum Gasteiger partial charge on any atom is 0.319 e. The van der Waals surface area contributed by atoms with Gasteiger partial charge in [-0.1, -0.05) is 35.3 Å². The van der Waals surface area contributed by atoms with E-state index in [0.29, 0.717) is 28.7 Å². The second-order valence-corrected chi connectivity index (χ2v) is 5.22. The maximum absolute atomic E-state index is 13.0. The highest BCUT2D eigenvalue weighted by Gasteiger charge is 2.04. The molecule has 0 atom stereocenters. The molecule has 0 radical (unpaired) electrons. The molecule has 0 saturated carbocycles. The van der Waals surface area contributed by atoms with E-state index >= 15 is 0 Å². The smallest absolute Gasteiger partial charge is 0.319 e. The van der Waals surface area contributed by atoms with Crippen molar-refractivity contribution < 1.29 is 9.18 Å². The zero-order valence-electron chi connectivity index (χ0n) is 11.0.